The SMILES string of the molecule is Cc1cccc2cc(O)cc(-c3ncc4c(N5CC6CCC(C5)N6)nc(OC[C@]56CCCN5[C@H]5CCC[C@@]5(F)C6)nc4c3F)c12. The van der Waals surface area contributed by atoms with Crippen LogP contribution in [-0.4, -0.2) is 80.5 Å². The van der Waals surface area contributed by atoms with E-state index in [1.165, 1.54) is 0 Å². The molecule has 1 aliphatic carbocycles. The number of aromatic nitrogens is 3. The summed E-state index contributed by atoms with van der Waals surface area (Å²) >= 11 is 0. The quantitative estimate of drug-likeness (QED) is 0.292. The van der Waals surface area contributed by atoms with Crippen molar-refractivity contribution in [3.05, 3.63) is 47.9 Å². The molecule has 234 valence electrons. The molecule has 4 aliphatic heterocycles. The number of nitrogens with one attached hydrogen (secondary N) is 1. The van der Waals surface area contributed by atoms with Crippen molar-refractivity contribution in [1.29, 1.82) is 0 Å². The predicted octanol–water partition coefficient (Wildman–Crippen LogP) is 5.82. The first kappa shape index (κ1) is 27.7. The number of rotatable bonds is 5. The number of aryl methyl sites for hydroxylation is 1. The normalized spacial score (nSPS) is 30.8. The van der Waals surface area contributed by atoms with Gasteiger partial charge in [0.25, 0.3) is 0 Å². The number of hydrogen-bond donors (Lipinski definition) is 2. The Hall–Kier alpha value is -3.63. The summed E-state index contributed by atoms with van der Waals surface area (Å²) in [6.45, 7) is 4.64. The lowest BCUT2D eigenvalue weighted by Crippen LogP contribution is -2.51. The molecule has 5 fully saturated rings. The fourth-order valence-electron chi connectivity index (χ4n) is 9.51. The van der Waals surface area contributed by atoms with Crippen molar-refractivity contribution in [3.8, 4) is 23.0 Å². The van der Waals surface area contributed by atoms with Crippen LogP contribution in [-0.2, 0) is 0 Å². The van der Waals surface area contributed by atoms with E-state index >= 15 is 8.78 Å². The first-order valence-corrected chi connectivity index (χ1v) is 16.5. The van der Waals surface area contributed by atoms with Crippen molar-refractivity contribution >= 4 is 27.5 Å². The van der Waals surface area contributed by atoms with E-state index in [1.54, 1.807) is 18.3 Å². The zero-order valence-electron chi connectivity index (χ0n) is 25.5. The molecule has 2 aromatic carbocycles. The van der Waals surface area contributed by atoms with E-state index in [1.807, 2.05) is 25.1 Å². The largest absolute Gasteiger partial charge is 0.508 e. The summed E-state index contributed by atoms with van der Waals surface area (Å²) in [5.41, 5.74) is 0.191. The molecular formula is C35H38F2N6O2. The van der Waals surface area contributed by atoms with E-state index in [0.717, 1.165) is 74.5 Å². The Kier molecular flexibility index (Phi) is 6.11. The van der Waals surface area contributed by atoms with Gasteiger partial charge in [-0.3, -0.25) is 9.88 Å². The van der Waals surface area contributed by atoms with E-state index in [9.17, 15) is 5.11 Å². The summed E-state index contributed by atoms with van der Waals surface area (Å²) in [4.78, 5) is 18.8. The molecule has 2 aromatic heterocycles. The van der Waals surface area contributed by atoms with Crippen LogP contribution in [0.25, 0.3) is 32.9 Å². The maximum atomic E-state index is 16.8. The maximum Gasteiger partial charge on any atom is 0.319 e. The standard InChI is InChI=1S/C35H38F2N6O2/c1-20-5-2-6-21-13-24(44)14-25(28(20)21)30-29(36)31-26(15-38-30)32(42-16-22-8-9-23(17-42)39-22)41-33(40-31)45-19-34-10-4-12-43(34)27-7-3-11-35(27,37)18-34/h2,5-6,13-15,22-23,27,39,44H,3-4,7-12,16-19H2,1H3/t22?,23?,27-,34+,35+/m0/s1. The summed E-state index contributed by atoms with van der Waals surface area (Å²) in [6.07, 6.45) is 8.66. The molecule has 4 saturated heterocycles. The molecule has 9 rings (SSSR count). The highest BCUT2D eigenvalue weighted by atomic mass is 19.1. The van der Waals surface area contributed by atoms with Crippen molar-refractivity contribution in [2.75, 3.05) is 31.1 Å². The molecule has 0 radical (unpaired) electrons. The van der Waals surface area contributed by atoms with E-state index in [2.05, 4.69) is 20.1 Å². The maximum absolute atomic E-state index is 16.8. The number of aromatic hydroxyl groups is 1. The average Bonchev–Trinajstić information content (AvgIpc) is 3.74. The van der Waals surface area contributed by atoms with Gasteiger partial charge in [0.15, 0.2) is 5.82 Å². The first-order valence-electron chi connectivity index (χ1n) is 16.5. The summed E-state index contributed by atoms with van der Waals surface area (Å²) in [5.74, 6) is 0.0859. The number of phenols is 1. The highest BCUT2D eigenvalue weighted by Crippen LogP contribution is 2.55. The number of anilines is 1. The van der Waals surface area contributed by atoms with Gasteiger partial charge in [-0.15, -0.1) is 0 Å². The van der Waals surface area contributed by atoms with Gasteiger partial charge in [-0.1, -0.05) is 18.2 Å². The zero-order valence-corrected chi connectivity index (χ0v) is 25.5. The van der Waals surface area contributed by atoms with E-state index in [-0.39, 0.29) is 41.2 Å². The Labute approximate surface area is 260 Å². The van der Waals surface area contributed by atoms with Gasteiger partial charge in [0.1, 0.15) is 35.1 Å². The molecule has 4 aromatic rings. The molecule has 10 heteroatoms. The van der Waals surface area contributed by atoms with Crippen molar-refractivity contribution < 1.29 is 18.6 Å². The molecule has 2 unspecified atom stereocenters. The predicted molar refractivity (Wildman–Crippen MR) is 169 cm³/mol. The van der Waals surface area contributed by atoms with Crippen molar-refractivity contribution in [1.82, 2.24) is 25.2 Å². The van der Waals surface area contributed by atoms with Crippen molar-refractivity contribution in [2.45, 2.75) is 87.6 Å². The Morgan fingerprint density at radius 1 is 1.09 bits per heavy atom. The number of alkyl halides is 1. The van der Waals surface area contributed by atoms with Crippen molar-refractivity contribution in [2.24, 2.45) is 0 Å². The molecule has 5 aliphatic rings. The van der Waals surface area contributed by atoms with Crippen LogP contribution in [0, 0.1) is 12.7 Å². The molecule has 0 amide bonds. The molecule has 2 N–H and O–H groups in total. The van der Waals surface area contributed by atoms with Crippen LogP contribution in [0.2, 0.25) is 0 Å². The molecule has 45 heavy (non-hydrogen) atoms. The van der Waals surface area contributed by atoms with Crippen LogP contribution in [0.3, 0.4) is 0 Å². The summed E-state index contributed by atoms with van der Waals surface area (Å²) < 4.78 is 39.2. The van der Waals surface area contributed by atoms with E-state index in [0.29, 0.717) is 41.7 Å². The number of piperazine rings is 1. The minimum absolute atomic E-state index is 0.0420. The smallest absolute Gasteiger partial charge is 0.319 e. The van der Waals surface area contributed by atoms with Gasteiger partial charge in [-0.25, -0.2) is 8.78 Å². The van der Waals surface area contributed by atoms with E-state index in [4.69, 9.17) is 14.7 Å². The van der Waals surface area contributed by atoms with Crippen LogP contribution in [0.4, 0.5) is 14.6 Å². The molecule has 2 bridgehead atoms. The van der Waals surface area contributed by atoms with E-state index < -0.39 is 11.5 Å². The summed E-state index contributed by atoms with van der Waals surface area (Å²) in [6, 6.07) is 9.81. The van der Waals surface area contributed by atoms with Gasteiger partial charge in [0.2, 0.25) is 0 Å². The molecule has 8 nitrogen and oxygen atoms in total. The van der Waals surface area contributed by atoms with Gasteiger partial charge in [-0.05, 0) is 86.9 Å². The monoisotopic (exact) mass is 612 g/mol. The molecule has 1 saturated carbocycles. The van der Waals surface area contributed by atoms with Crippen LogP contribution >= 0.6 is 0 Å². The lowest BCUT2D eigenvalue weighted by atomic mass is 9.88. The van der Waals surface area contributed by atoms with Crippen LogP contribution < -0.4 is 15.0 Å². The van der Waals surface area contributed by atoms with Gasteiger partial charge < -0.3 is 20.1 Å². The molecule has 5 atom stereocenters. The topological polar surface area (TPSA) is 86.6 Å². The number of fused-ring (bicyclic) bond motifs is 7. The van der Waals surface area contributed by atoms with Gasteiger partial charge in [-0.2, -0.15) is 9.97 Å². The minimum Gasteiger partial charge on any atom is -0.508 e. The Balaban J connectivity index is 1.15. The molecular weight excluding hydrogens is 574 g/mol. The highest BCUT2D eigenvalue weighted by Gasteiger charge is 2.63. The van der Waals surface area contributed by atoms with Gasteiger partial charge >= 0.3 is 6.01 Å². The fourth-order valence-corrected chi connectivity index (χ4v) is 9.51. The average molecular weight is 613 g/mol. The number of halogens is 2. The molecule has 6 heterocycles. The summed E-state index contributed by atoms with van der Waals surface area (Å²) in [7, 11) is 0. The third kappa shape index (κ3) is 4.24. The lowest BCUT2D eigenvalue weighted by Gasteiger charge is -2.35. The second-order valence-corrected chi connectivity index (χ2v) is 14.2. The molecule has 0 spiro atoms. The van der Waals surface area contributed by atoms with Gasteiger partial charge in [0, 0.05) is 49.4 Å². The number of nitrogens with zero attached hydrogens (tertiary/aromatic N) is 5. The van der Waals surface area contributed by atoms with Crippen LogP contribution in [0.1, 0.15) is 56.9 Å². The third-order valence-electron chi connectivity index (χ3n) is 11.4. The first-order chi connectivity index (χ1) is 21.8. The number of ether oxygens (including phenoxy) is 1. The number of benzene rings is 2. The third-order valence-corrected chi connectivity index (χ3v) is 11.4. The second kappa shape index (κ2) is 9.93. The second-order valence-electron chi connectivity index (χ2n) is 14.2. The van der Waals surface area contributed by atoms with Crippen LogP contribution in [0.15, 0.2) is 36.5 Å². The Bertz CT molecular complexity index is 1840. The van der Waals surface area contributed by atoms with Gasteiger partial charge in [0.05, 0.1) is 10.9 Å². The zero-order chi connectivity index (χ0) is 30.5. The Morgan fingerprint density at radius 2 is 1.93 bits per heavy atom. The number of pyridine rings is 1. The van der Waals surface area contributed by atoms with Crippen LogP contribution in [0.5, 0.6) is 11.8 Å². The van der Waals surface area contributed by atoms with Crippen molar-refractivity contribution in [3.63, 3.8) is 0 Å². The minimum atomic E-state index is -1.16. The fraction of sp³-hybridized carbons (Fsp3) is 0.514. The number of hydrogen-bond acceptors (Lipinski definition) is 8. The Morgan fingerprint density at radius 3 is 2.78 bits per heavy atom. The lowest BCUT2D eigenvalue weighted by molar-refractivity contribution is 0.0811. The summed E-state index contributed by atoms with van der Waals surface area (Å²) in [5, 5.41) is 16.4. The highest BCUT2D eigenvalue weighted by molar-refractivity contribution is 6.01. The number of phenolic OH excluding ortho intramolecular Hbond substituents is 1.